The molecule has 122 valence electrons. The van der Waals surface area contributed by atoms with Crippen molar-refractivity contribution >= 4 is 11.8 Å². The average Bonchev–Trinajstić information content (AvgIpc) is 2.43. The first-order chi connectivity index (χ1) is 10.3. The lowest BCUT2D eigenvalue weighted by molar-refractivity contribution is -0.123. The van der Waals surface area contributed by atoms with E-state index in [1.807, 2.05) is 52.8 Å². The van der Waals surface area contributed by atoms with Crippen molar-refractivity contribution in [2.75, 3.05) is 6.54 Å². The van der Waals surface area contributed by atoms with Crippen molar-refractivity contribution < 1.29 is 9.59 Å². The van der Waals surface area contributed by atoms with E-state index in [9.17, 15) is 9.59 Å². The summed E-state index contributed by atoms with van der Waals surface area (Å²) in [5.74, 6) is 0.412. The maximum atomic E-state index is 12.4. The Morgan fingerprint density at radius 1 is 1.05 bits per heavy atom. The molecule has 0 saturated heterocycles. The summed E-state index contributed by atoms with van der Waals surface area (Å²) in [5, 5.41) is 5.78. The predicted molar refractivity (Wildman–Crippen MR) is 89.7 cm³/mol. The Hall–Kier alpha value is -1.84. The van der Waals surface area contributed by atoms with Crippen molar-refractivity contribution in [3.05, 3.63) is 35.4 Å². The second-order valence-electron chi connectivity index (χ2n) is 6.61. The molecule has 0 saturated carbocycles. The van der Waals surface area contributed by atoms with E-state index in [1.54, 1.807) is 6.07 Å². The molecule has 0 bridgehead atoms. The van der Waals surface area contributed by atoms with Crippen LogP contribution < -0.4 is 10.6 Å². The predicted octanol–water partition coefficient (Wildman–Crippen LogP) is 2.91. The first-order valence-corrected chi connectivity index (χ1v) is 7.95. The van der Waals surface area contributed by atoms with Gasteiger partial charge in [-0.1, -0.05) is 45.9 Å². The van der Waals surface area contributed by atoms with Crippen molar-refractivity contribution in [1.29, 1.82) is 0 Å². The summed E-state index contributed by atoms with van der Waals surface area (Å²) in [6.45, 7) is 10.7. The Balaban J connectivity index is 2.78. The molecule has 1 aromatic rings. The van der Waals surface area contributed by atoms with Gasteiger partial charge in [-0.15, -0.1) is 0 Å². The van der Waals surface area contributed by atoms with E-state index in [0.717, 1.165) is 5.56 Å². The highest BCUT2D eigenvalue weighted by Gasteiger charge is 2.22. The lowest BCUT2D eigenvalue weighted by atomic mass is 10.0. The number of rotatable bonds is 7. The first kappa shape index (κ1) is 18.2. The van der Waals surface area contributed by atoms with E-state index < -0.39 is 6.04 Å². The number of aryl methyl sites for hydroxylation is 1. The zero-order valence-electron chi connectivity index (χ0n) is 14.3. The van der Waals surface area contributed by atoms with Crippen molar-refractivity contribution in [2.24, 2.45) is 11.8 Å². The second kappa shape index (κ2) is 8.57. The van der Waals surface area contributed by atoms with Crippen LogP contribution in [-0.4, -0.2) is 24.4 Å². The van der Waals surface area contributed by atoms with Crippen LogP contribution in [0.5, 0.6) is 0 Å². The van der Waals surface area contributed by atoms with Gasteiger partial charge < -0.3 is 10.6 Å². The third kappa shape index (κ3) is 5.88. The maximum Gasteiger partial charge on any atom is 0.252 e. The topological polar surface area (TPSA) is 58.2 Å². The minimum absolute atomic E-state index is 0.107. The summed E-state index contributed by atoms with van der Waals surface area (Å²) in [6.07, 6.45) is 0.627. The van der Waals surface area contributed by atoms with Gasteiger partial charge in [0.25, 0.3) is 5.91 Å². The Bertz CT molecular complexity index is 510. The molecule has 0 aliphatic carbocycles. The van der Waals surface area contributed by atoms with Gasteiger partial charge in [-0.25, -0.2) is 0 Å². The third-order valence-electron chi connectivity index (χ3n) is 3.40. The Morgan fingerprint density at radius 2 is 1.68 bits per heavy atom. The summed E-state index contributed by atoms with van der Waals surface area (Å²) in [4.78, 5) is 24.7. The van der Waals surface area contributed by atoms with E-state index in [2.05, 4.69) is 10.6 Å². The summed E-state index contributed by atoms with van der Waals surface area (Å²) in [6, 6.07) is 6.91. The normalized spacial score (nSPS) is 12.3. The molecule has 0 aromatic heterocycles. The van der Waals surface area contributed by atoms with Gasteiger partial charge in [0.2, 0.25) is 5.91 Å². The van der Waals surface area contributed by atoms with Crippen LogP contribution in [-0.2, 0) is 4.79 Å². The Labute approximate surface area is 133 Å². The quantitative estimate of drug-likeness (QED) is 0.813. The molecule has 22 heavy (non-hydrogen) atoms. The molecule has 0 radical (unpaired) electrons. The Morgan fingerprint density at radius 3 is 2.23 bits per heavy atom. The number of amides is 2. The van der Waals surface area contributed by atoms with Crippen LogP contribution in [0.4, 0.5) is 0 Å². The van der Waals surface area contributed by atoms with Gasteiger partial charge in [-0.2, -0.15) is 0 Å². The van der Waals surface area contributed by atoms with Gasteiger partial charge in [0.15, 0.2) is 0 Å². The van der Waals surface area contributed by atoms with E-state index in [0.29, 0.717) is 30.4 Å². The summed E-state index contributed by atoms with van der Waals surface area (Å²) in [5.41, 5.74) is 1.53. The van der Waals surface area contributed by atoms with Crippen molar-refractivity contribution in [3.8, 4) is 0 Å². The number of hydrogen-bond acceptors (Lipinski definition) is 2. The van der Waals surface area contributed by atoms with E-state index in [1.165, 1.54) is 0 Å². The van der Waals surface area contributed by atoms with Crippen LogP contribution in [0.15, 0.2) is 24.3 Å². The lowest BCUT2D eigenvalue weighted by Gasteiger charge is -2.21. The Kier molecular flexibility index (Phi) is 7.09. The highest BCUT2D eigenvalue weighted by Crippen LogP contribution is 2.10. The maximum absolute atomic E-state index is 12.4. The monoisotopic (exact) mass is 304 g/mol. The molecule has 0 spiro atoms. The van der Waals surface area contributed by atoms with Crippen LogP contribution in [0.2, 0.25) is 0 Å². The van der Waals surface area contributed by atoms with Gasteiger partial charge in [0.05, 0.1) is 0 Å². The third-order valence-corrected chi connectivity index (χ3v) is 3.40. The molecule has 0 aliphatic rings. The van der Waals surface area contributed by atoms with Gasteiger partial charge in [-0.3, -0.25) is 9.59 Å². The first-order valence-electron chi connectivity index (χ1n) is 7.95. The number of hydrogen-bond donors (Lipinski definition) is 2. The van der Waals surface area contributed by atoms with Crippen molar-refractivity contribution in [1.82, 2.24) is 10.6 Å². The molecular weight excluding hydrogens is 276 g/mol. The van der Waals surface area contributed by atoms with E-state index in [-0.39, 0.29) is 11.8 Å². The number of carbonyl (C=O) groups is 2. The summed E-state index contributed by atoms with van der Waals surface area (Å²) >= 11 is 0. The van der Waals surface area contributed by atoms with Gasteiger partial charge in [0.1, 0.15) is 6.04 Å². The highest BCUT2D eigenvalue weighted by molar-refractivity contribution is 5.98. The highest BCUT2D eigenvalue weighted by atomic mass is 16.2. The van der Waals surface area contributed by atoms with Crippen LogP contribution >= 0.6 is 0 Å². The molecule has 2 amide bonds. The molecule has 1 atom stereocenters. The number of carbonyl (C=O) groups excluding carboxylic acids is 2. The molecule has 1 aromatic carbocycles. The smallest absolute Gasteiger partial charge is 0.252 e. The SMILES string of the molecule is Cc1ccccc1C(=O)NC(CC(C)C)C(=O)NCC(C)C. The fourth-order valence-electron chi connectivity index (χ4n) is 2.19. The zero-order chi connectivity index (χ0) is 16.7. The van der Waals surface area contributed by atoms with E-state index >= 15 is 0 Å². The minimum Gasteiger partial charge on any atom is -0.354 e. The van der Waals surface area contributed by atoms with Crippen LogP contribution in [0.1, 0.15) is 50.0 Å². The molecule has 0 fully saturated rings. The van der Waals surface area contributed by atoms with Crippen molar-refractivity contribution in [3.63, 3.8) is 0 Å². The molecule has 2 N–H and O–H groups in total. The lowest BCUT2D eigenvalue weighted by Crippen LogP contribution is -2.48. The largest absolute Gasteiger partial charge is 0.354 e. The number of nitrogens with one attached hydrogen (secondary N) is 2. The van der Waals surface area contributed by atoms with Crippen molar-refractivity contribution in [2.45, 2.75) is 47.1 Å². The second-order valence-corrected chi connectivity index (χ2v) is 6.61. The van der Waals surface area contributed by atoms with Crippen LogP contribution in [0, 0.1) is 18.8 Å². The standard InChI is InChI=1S/C18H28N2O2/c1-12(2)10-16(18(22)19-11-13(3)4)20-17(21)15-9-7-6-8-14(15)5/h6-9,12-13,16H,10-11H2,1-5H3,(H,19,22)(H,20,21). The molecular formula is C18H28N2O2. The van der Waals surface area contributed by atoms with Gasteiger partial charge in [0, 0.05) is 12.1 Å². The fourth-order valence-corrected chi connectivity index (χ4v) is 2.19. The van der Waals surface area contributed by atoms with Crippen LogP contribution in [0.25, 0.3) is 0 Å². The van der Waals surface area contributed by atoms with E-state index in [4.69, 9.17) is 0 Å². The summed E-state index contributed by atoms with van der Waals surface area (Å²) < 4.78 is 0. The average molecular weight is 304 g/mol. The molecule has 0 heterocycles. The number of benzene rings is 1. The van der Waals surface area contributed by atoms with Crippen LogP contribution in [0.3, 0.4) is 0 Å². The van der Waals surface area contributed by atoms with Gasteiger partial charge >= 0.3 is 0 Å². The molecule has 1 rings (SSSR count). The van der Waals surface area contributed by atoms with Gasteiger partial charge in [-0.05, 0) is 36.8 Å². The molecule has 4 heteroatoms. The zero-order valence-corrected chi connectivity index (χ0v) is 14.3. The molecule has 4 nitrogen and oxygen atoms in total. The molecule has 1 unspecified atom stereocenters. The fraction of sp³-hybridized carbons (Fsp3) is 0.556. The molecule has 0 aliphatic heterocycles. The minimum atomic E-state index is -0.495. The summed E-state index contributed by atoms with van der Waals surface area (Å²) in [7, 11) is 0.